The zero-order chi connectivity index (χ0) is 97.2. The van der Waals surface area contributed by atoms with E-state index in [0.717, 1.165) is 70.6 Å². The van der Waals surface area contributed by atoms with Crippen LogP contribution in [0.15, 0.2) is 191 Å². The largest absolute Gasteiger partial charge is 0.303 e. The van der Waals surface area contributed by atoms with Crippen molar-refractivity contribution in [3.8, 4) is 22.3 Å². The third-order valence-corrected chi connectivity index (χ3v) is 27.0. The molecule has 0 unspecified atom stereocenters. The molecule has 0 aliphatic heterocycles. The third kappa shape index (κ3) is 48.9. The van der Waals surface area contributed by atoms with Crippen LogP contribution in [0.1, 0.15) is 448 Å². The summed E-state index contributed by atoms with van der Waals surface area (Å²) in [6, 6.07) is 68.3. The van der Waals surface area contributed by atoms with E-state index in [4.69, 9.17) is 15.3 Å². The highest BCUT2D eigenvalue weighted by Crippen LogP contribution is 2.41. The molecule has 5 aliphatic carbocycles. The molecule has 0 bridgehead atoms. The maximum Gasteiger partial charge on any atom is 0.0652 e. The Kier molecular flexibility index (Phi) is 77.9. The van der Waals surface area contributed by atoms with Crippen molar-refractivity contribution >= 4 is 17.1 Å². The second-order valence-electron chi connectivity index (χ2n) is 37.7. The molecule has 0 N–H and O–H groups in total. The van der Waals surface area contributed by atoms with Gasteiger partial charge in [-0.25, -0.2) is 0 Å². The van der Waals surface area contributed by atoms with Gasteiger partial charge in [-0.15, -0.1) is 0 Å². The van der Waals surface area contributed by atoms with Crippen LogP contribution in [-0.2, 0) is 64.2 Å². The molecule has 0 atom stereocenters. The van der Waals surface area contributed by atoms with Crippen LogP contribution in [0.2, 0.25) is 0 Å². The summed E-state index contributed by atoms with van der Waals surface area (Å²) in [7, 11) is 12.1. The van der Waals surface area contributed by atoms with Crippen molar-refractivity contribution in [2.75, 3.05) is 42.3 Å². The summed E-state index contributed by atoms with van der Waals surface area (Å²) in [4.78, 5) is 0. The standard InChI is InChI=1S/C40H54N2.C35H52N2.C34H44N2.8C2H6.6CH4/c1-6-7-31-10-12-32(13-11-31)26-33-14-16-34(17-15-33)27-35-18-25-39(40(28-35)30(3)41-42(4)5)38-23-21-37(22-24-38)36-19-8-29(2)9-20-36;1-6-7-28-12-14-30(15-13-28)22-31-16-18-32(19-17-31)24-34-21-20-33(23-29-10-8-26(2)9-11-29)25-35(34)27(3)36-37(4)5;1-6-7-27-10-12-28(13-11-27)22-29-14-16-30(17-15-29)23-31-18-21-33(32-19-8-25(2)9-20-32)34(24-31)26(3)35-36(4)5;8*1-2;;;;;;/h10-13,18,21-25,28-29,33-34,36H,6-9,14-17,19-20,26-27H2,1-5H3;12-15,20-21,25-26,29,31-32H,6-11,16-19,22-24H2,1-5H3;8-13,18-21,24,29-30H,6-7,14-17,22-23H2,1-5H3;8*1-2H3;6*1H4/b41-30+;36-27+;35-26+;;;;;;;;;;;;;;. The number of nitrogens with zero attached hydrogens (tertiary/aromatic N) is 6. The molecule has 0 saturated heterocycles. The molecule has 6 heteroatoms. The Morgan fingerprint density at radius 2 is 0.474 bits per heavy atom. The van der Waals surface area contributed by atoms with E-state index < -0.39 is 0 Å². The van der Waals surface area contributed by atoms with Crippen LogP contribution in [0, 0.1) is 60.2 Å². The summed E-state index contributed by atoms with van der Waals surface area (Å²) in [5, 5.41) is 20.2. The van der Waals surface area contributed by atoms with Crippen LogP contribution in [0.4, 0.5) is 0 Å². The summed E-state index contributed by atoms with van der Waals surface area (Å²) < 4.78 is 0. The fourth-order valence-corrected chi connectivity index (χ4v) is 20.3. The van der Waals surface area contributed by atoms with E-state index in [1.54, 1.807) is 0 Å². The molecule has 0 amide bonds. The van der Waals surface area contributed by atoms with Crippen LogP contribution in [0.3, 0.4) is 0 Å². The van der Waals surface area contributed by atoms with Gasteiger partial charge in [0, 0.05) is 59.0 Å². The second-order valence-corrected chi connectivity index (χ2v) is 37.7. The van der Waals surface area contributed by atoms with Crippen molar-refractivity contribution in [3.63, 3.8) is 0 Å². The van der Waals surface area contributed by atoms with Gasteiger partial charge >= 0.3 is 0 Å². The van der Waals surface area contributed by atoms with Gasteiger partial charge in [0.25, 0.3) is 0 Å². The fraction of sp³-hybridized carbons (Fsp3) is 0.611. The van der Waals surface area contributed by atoms with Crippen molar-refractivity contribution in [1.82, 2.24) is 15.0 Å². The average Bonchev–Trinajstić information content (AvgIpc) is 0.832. The average molecular weight is 1880 g/mol. The summed E-state index contributed by atoms with van der Waals surface area (Å²) >= 11 is 0. The normalized spacial score (nSPS) is 18.9. The quantitative estimate of drug-likeness (QED) is 0.0347. The van der Waals surface area contributed by atoms with E-state index in [1.165, 1.54) is 323 Å². The van der Waals surface area contributed by atoms with Gasteiger partial charge in [-0.3, -0.25) is 0 Å². The van der Waals surface area contributed by atoms with Gasteiger partial charge in [-0.1, -0.05) is 398 Å². The Bertz CT molecular complexity index is 4280. The minimum atomic E-state index is 0. The van der Waals surface area contributed by atoms with Crippen molar-refractivity contribution in [2.24, 2.45) is 68.6 Å². The maximum absolute atomic E-state index is 4.84. The zero-order valence-corrected chi connectivity index (χ0v) is 90.5. The number of hydrogen-bond acceptors (Lipinski definition) is 6. The Labute approximate surface area is 854 Å². The highest BCUT2D eigenvalue weighted by molar-refractivity contribution is 6.05. The first kappa shape index (κ1) is 135. The second kappa shape index (κ2) is 78.8. The topological polar surface area (TPSA) is 46.8 Å². The summed E-state index contributed by atoms with van der Waals surface area (Å²) in [6.45, 7) is 52.2. The first-order chi connectivity index (χ1) is 63.7. The molecule has 5 fully saturated rings. The lowest BCUT2D eigenvalue weighted by molar-refractivity contribution is 0.272. The molecule has 6 nitrogen and oxygen atoms in total. The molecule has 776 valence electrons. The van der Waals surface area contributed by atoms with E-state index in [1.807, 2.05) is 168 Å². The predicted octanol–water partition coefficient (Wildman–Crippen LogP) is 39.9. The monoisotopic (exact) mass is 1880 g/mol. The van der Waals surface area contributed by atoms with E-state index >= 15 is 0 Å². The molecule has 137 heavy (non-hydrogen) atoms. The Balaban J connectivity index is -0.000000884. The lowest BCUT2D eigenvalue weighted by Gasteiger charge is -2.29. The number of aryl methyl sites for hydroxylation is 4. The van der Waals surface area contributed by atoms with E-state index in [-0.39, 0.29) is 44.6 Å². The molecular weight excluding hydrogens is 1660 g/mol. The van der Waals surface area contributed by atoms with Crippen molar-refractivity contribution in [1.29, 1.82) is 0 Å². The van der Waals surface area contributed by atoms with Crippen LogP contribution in [0.25, 0.3) is 22.3 Å². The first-order valence-electron chi connectivity index (χ1n) is 54.1. The van der Waals surface area contributed by atoms with Crippen LogP contribution >= 0.6 is 0 Å². The lowest BCUT2D eigenvalue weighted by Crippen LogP contribution is -2.19. The molecule has 8 aromatic rings. The highest BCUT2D eigenvalue weighted by atomic mass is 15.4. The Morgan fingerprint density at radius 1 is 0.255 bits per heavy atom. The van der Waals surface area contributed by atoms with Gasteiger partial charge in [0.1, 0.15) is 0 Å². The summed E-state index contributed by atoms with van der Waals surface area (Å²) in [5.74, 6) is 8.32. The summed E-state index contributed by atoms with van der Waals surface area (Å²) in [5.41, 5.74) is 30.2. The third-order valence-electron chi connectivity index (χ3n) is 27.0. The van der Waals surface area contributed by atoms with Gasteiger partial charge in [-0.2, -0.15) is 15.3 Å². The van der Waals surface area contributed by atoms with Gasteiger partial charge in [0.2, 0.25) is 0 Å². The van der Waals surface area contributed by atoms with Gasteiger partial charge in [-0.05, 0) is 355 Å². The lowest BCUT2D eigenvalue weighted by atomic mass is 9.76. The molecule has 8 aromatic carbocycles. The van der Waals surface area contributed by atoms with Gasteiger partial charge in [0.05, 0.1) is 17.1 Å². The van der Waals surface area contributed by atoms with Gasteiger partial charge in [0.15, 0.2) is 0 Å². The molecule has 0 radical (unpaired) electrons. The number of hydrogen-bond donors (Lipinski definition) is 0. The SMILES string of the molecule is C.C.C.C.C.C.CC.CC.CC.CC.CC.CC.CC.CC.CCCc1ccc(CC2CCC(Cc3ccc(-c4ccc(C)cc4)c(/C(C)=N/N(C)C)c3)CC2)cc1.CCCc1ccc(CC2CCC(Cc3ccc(-c4ccc(C5CCC(C)CC5)cc4)c(/C(C)=N/N(C)C)c3)CC2)cc1.CCCc1ccc(CC2CCC(Cc3ccc(CC4CCC(C)CC4)cc3/C(C)=N/N(C)C)CC2)cc1. The van der Waals surface area contributed by atoms with E-state index in [0.29, 0.717) is 0 Å². The predicted molar refractivity (Wildman–Crippen MR) is 629 cm³/mol. The molecule has 0 aromatic heterocycles. The molecule has 0 heterocycles. The molecule has 0 spiro atoms. The Morgan fingerprint density at radius 3 is 0.752 bits per heavy atom. The number of rotatable bonds is 29. The number of hydrazone groups is 3. The zero-order valence-electron chi connectivity index (χ0n) is 90.5. The van der Waals surface area contributed by atoms with E-state index in [9.17, 15) is 0 Å². The van der Waals surface area contributed by atoms with Crippen LogP contribution in [-0.4, -0.2) is 74.4 Å². The van der Waals surface area contributed by atoms with Crippen molar-refractivity contribution in [2.45, 2.75) is 435 Å². The maximum atomic E-state index is 4.84. The van der Waals surface area contributed by atoms with E-state index in [2.05, 4.69) is 238 Å². The molecule has 5 saturated carbocycles. The molecular formula is C131H222N6. The summed E-state index contributed by atoms with van der Waals surface area (Å²) in [6.07, 6.45) is 43.1. The smallest absolute Gasteiger partial charge is 0.0652 e. The molecule has 13 rings (SSSR count). The van der Waals surface area contributed by atoms with Gasteiger partial charge < -0.3 is 15.0 Å². The van der Waals surface area contributed by atoms with Crippen LogP contribution < -0.4 is 0 Å². The van der Waals surface area contributed by atoms with Crippen molar-refractivity contribution < 1.29 is 0 Å². The Hall–Kier alpha value is -7.83. The highest BCUT2D eigenvalue weighted by Gasteiger charge is 2.28. The minimum absolute atomic E-state index is 0. The number of benzene rings is 8. The minimum Gasteiger partial charge on any atom is -0.303 e. The van der Waals surface area contributed by atoms with Crippen LogP contribution in [0.5, 0.6) is 0 Å². The first-order valence-corrected chi connectivity index (χ1v) is 54.1. The molecule has 5 aliphatic rings. The van der Waals surface area contributed by atoms with Crippen molar-refractivity contribution in [3.05, 3.63) is 259 Å². The fourth-order valence-electron chi connectivity index (χ4n) is 20.3.